The summed E-state index contributed by atoms with van der Waals surface area (Å²) in [5.41, 5.74) is 3.36. The zero-order valence-electron chi connectivity index (χ0n) is 11.2. The van der Waals surface area contributed by atoms with Crippen LogP contribution in [0.5, 0.6) is 0 Å². The molecule has 0 saturated heterocycles. The van der Waals surface area contributed by atoms with Crippen LogP contribution in [0.15, 0.2) is 18.2 Å². The highest BCUT2D eigenvalue weighted by atomic mass is 16.4. The fourth-order valence-electron chi connectivity index (χ4n) is 2.36. The van der Waals surface area contributed by atoms with Gasteiger partial charge < -0.3 is 5.11 Å². The molecule has 1 aliphatic rings. The molecule has 102 valence electrons. The van der Waals surface area contributed by atoms with Crippen LogP contribution >= 0.6 is 0 Å². The molecule has 0 bridgehead atoms. The second-order valence-electron chi connectivity index (χ2n) is 4.88. The number of hydrogen-bond acceptors (Lipinski definition) is 2. The van der Waals surface area contributed by atoms with Crippen LogP contribution in [0.1, 0.15) is 24.5 Å². The zero-order valence-corrected chi connectivity index (χ0v) is 11.2. The van der Waals surface area contributed by atoms with E-state index in [0.29, 0.717) is 0 Å². The zero-order chi connectivity index (χ0) is 14.0. The molecule has 0 fully saturated rings. The van der Waals surface area contributed by atoms with Crippen molar-refractivity contribution >= 4 is 17.7 Å². The van der Waals surface area contributed by atoms with E-state index in [1.807, 2.05) is 18.2 Å². The lowest BCUT2D eigenvalue weighted by Crippen LogP contribution is -2.41. The lowest BCUT2D eigenvalue weighted by molar-refractivity contribution is -0.116. The third kappa shape index (κ3) is 2.86. The van der Waals surface area contributed by atoms with Crippen LogP contribution < -0.4 is 4.90 Å². The SMILES string of the molecule is CC(=O)N(CN(C)C(=O)O)c1ccc2c(c1)CCC2. The maximum atomic E-state index is 11.7. The van der Waals surface area contributed by atoms with Crippen LogP contribution in [-0.2, 0) is 17.6 Å². The minimum absolute atomic E-state index is 0.0451. The molecule has 0 saturated carbocycles. The van der Waals surface area contributed by atoms with Crippen molar-refractivity contribution in [2.75, 3.05) is 18.6 Å². The normalized spacial score (nSPS) is 12.9. The quantitative estimate of drug-likeness (QED) is 0.848. The van der Waals surface area contributed by atoms with Gasteiger partial charge in [-0.05, 0) is 42.5 Å². The minimum Gasteiger partial charge on any atom is -0.465 e. The van der Waals surface area contributed by atoms with Crippen molar-refractivity contribution in [3.8, 4) is 0 Å². The van der Waals surface area contributed by atoms with E-state index in [2.05, 4.69) is 0 Å². The van der Waals surface area contributed by atoms with Gasteiger partial charge in [0.25, 0.3) is 0 Å². The standard InChI is InChI=1S/C14H18N2O3/c1-10(17)16(9-15(2)14(18)19)13-7-6-11-4-3-5-12(11)8-13/h6-8H,3-5,9H2,1-2H3,(H,18,19). The maximum Gasteiger partial charge on any atom is 0.408 e. The lowest BCUT2D eigenvalue weighted by atomic mass is 10.1. The smallest absolute Gasteiger partial charge is 0.408 e. The molecular formula is C14H18N2O3. The molecule has 0 aliphatic heterocycles. The van der Waals surface area contributed by atoms with Crippen LogP contribution in [0.3, 0.4) is 0 Å². The van der Waals surface area contributed by atoms with Gasteiger partial charge >= 0.3 is 6.09 Å². The highest BCUT2D eigenvalue weighted by Crippen LogP contribution is 2.27. The summed E-state index contributed by atoms with van der Waals surface area (Å²) in [5, 5.41) is 8.90. The monoisotopic (exact) mass is 262 g/mol. The average Bonchev–Trinajstić information content (AvgIpc) is 2.81. The molecule has 2 amide bonds. The van der Waals surface area contributed by atoms with E-state index in [4.69, 9.17) is 5.11 Å². The first-order chi connectivity index (χ1) is 8.99. The number of carbonyl (C=O) groups excluding carboxylic acids is 1. The Balaban J connectivity index is 2.24. The molecule has 1 aromatic carbocycles. The summed E-state index contributed by atoms with van der Waals surface area (Å²) in [6, 6.07) is 5.93. The summed E-state index contributed by atoms with van der Waals surface area (Å²) in [4.78, 5) is 25.1. The summed E-state index contributed by atoms with van der Waals surface area (Å²) in [6.45, 7) is 1.49. The van der Waals surface area contributed by atoms with Gasteiger partial charge in [0.05, 0.1) is 0 Å². The Morgan fingerprint density at radius 1 is 1.26 bits per heavy atom. The van der Waals surface area contributed by atoms with Crippen molar-refractivity contribution in [2.24, 2.45) is 0 Å². The molecule has 0 unspecified atom stereocenters. The van der Waals surface area contributed by atoms with Crippen molar-refractivity contribution in [3.05, 3.63) is 29.3 Å². The molecule has 19 heavy (non-hydrogen) atoms. The highest BCUT2D eigenvalue weighted by Gasteiger charge is 2.19. The highest BCUT2D eigenvalue weighted by molar-refractivity contribution is 5.92. The van der Waals surface area contributed by atoms with E-state index in [1.54, 1.807) is 0 Å². The molecule has 1 aliphatic carbocycles. The number of carbonyl (C=O) groups is 2. The molecule has 1 aromatic rings. The van der Waals surface area contributed by atoms with Crippen LogP contribution in [0.2, 0.25) is 0 Å². The van der Waals surface area contributed by atoms with Gasteiger partial charge in [-0.3, -0.25) is 14.6 Å². The minimum atomic E-state index is -1.05. The Kier molecular flexibility index (Phi) is 3.74. The van der Waals surface area contributed by atoms with Crippen LogP contribution in [0.4, 0.5) is 10.5 Å². The number of hydrogen-bond donors (Lipinski definition) is 1. The predicted molar refractivity (Wildman–Crippen MR) is 72.3 cm³/mol. The Hall–Kier alpha value is -2.04. The first-order valence-electron chi connectivity index (χ1n) is 6.33. The van der Waals surface area contributed by atoms with Gasteiger partial charge in [-0.1, -0.05) is 6.07 Å². The van der Waals surface area contributed by atoms with E-state index < -0.39 is 6.09 Å². The summed E-state index contributed by atoms with van der Waals surface area (Å²) < 4.78 is 0. The Bertz CT molecular complexity index is 513. The molecule has 2 rings (SSSR count). The van der Waals surface area contributed by atoms with Gasteiger partial charge in [0.1, 0.15) is 6.67 Å². The average molecular weight is 262 g/mol. The summed E-state index contributed by atoms with van der Waals surface area (Å²) in [6.07, 6.45) is 2.22. The van der Waals surface area contributed by atoms with Crippen molar-refractivity contribution in [1.29, 1.82) is 0 Å². The first kappa shape index (κ1) is 13.4. The van der Waals surface area contributed by atoms with Crippen LogP contribution in [-0.4, -0.2) is 35.7 Å². The summed E-state index contributed by atoms with van der Waals surface area (Å²) in [5.74, 6) is -0.161. The summed E-state index contributed by atoms with van der Waals surface area (Å²) in [7, 11) is 1.45. The van der Waals surface area contributed by atoms with Crippen molar-refractivity contribution in [1.82, 2.24) is 4.90 Å². The largest absolute Gasteiger partial charge is 0.465 e. The number of rotatable bonds is 3. The molecule has 0 aromatic heterocycles. The molecule has 0 radical (unpaired) electrons. The van der Waals surface area contributed by atoms with E-state index >= 15 is 0 Å². The third-order valence-electron chi connectivity index (χ3n) is 3.45. The molecule has 0 spiro atoms. The second kappa shape index (κ2) is 5.30. The van der Waals surface area contributed by atoms with Gasteiger partial charge in [-0.2, -0.15) is 0 Å². The number of aryl methyl sites for hydroxylation is 2. The fourth-order valence-corrected chi connectivity index (χ4v) is 2.36. The second-order valence-corrected chi connectivity index (χ2v) is 4.88. The Morgan fingerprint density at radius 3 is 2.58 bits per heavy atom. The lowest BCUT2D eigenvalue weighted by Gasteiger charge is -2.26. The topological polar surface area (TPSA) is 60.9 Å². The fraction of sp³-hybridized carbons (Fsp3) is 0.429. The first-order valence-corrected chi connectivity index (χ1v) is 6.33. The van der Waals surface area contributed by atoms with Crippen molar-refractivity contribution in [3.63, 3.8) is 0 Å². The molecular weight excluding hydrogens is 244 g/mol. The van der Waals surface area contributed by atoms with Crippen molar-refractivity contribution in [2.45, 2.75) is 26.2 Å². The number of amides is 2. The van der Waals surface area contributed by atoms with E-state index in [0.717, 1.165) is 29.8 Å². The number of carboxylic acid groups (broad SMARTS) is 1. The van der Waals surface area contributed by atoms with E-state index in [-0.39, 0.29) is 12.6 Å². The van der Waals surface area contributed by atoms with Gasteiger partial charge in [0.15, 0.2) is 0 Å². The molecule has 5 nitrogen and oxygen atoms in total. The maximum absolute atomic E-state index is 11.7. The number of anilines is 1. The molecule has 5 heteroatoms. The third-order valence-corrected chi connectivity index (χ3v) is 3.45. The number of nitrogens with zero attached hydrogens (tertiary/aromatic N) is 2. The van der Waals surface area contributed by atoms with Crippen molar-refractivity contribution < 1.29 is 14.7 Å². The van der Waals surface area contributed by atoms with Gasteiger partial charge in [-0.25, -0.2) is 4.79 Å². The molecule has 0 atom stereocenters. The Morgan fingerprint density at radius 2 is 1.95 bits per heavy atom. The van der Waals surface area contributed by atoms with Gasteiger partial charge in [-0.15, -0.1) is 0 Å². The number of benzene rings is 1. The van der Waals surface area contributed by atoms with Crippen LogP contribution in [0, 0.1) is 0 Å². The van der Waals surface area contributed by atoms with Gasteiger partial charge in [0.2, 0.25) is 5.91 Å². The summed E-state index contributed by atoms with van der Waals surface area (Å²) >= 11 is 0. The molecule has 1 N–H and O–H groups in total. The molecule has 0 heterocycles. The Labute approximate surface area is 112 Å². The van der Waals surface area contributed by atoms with Crippen LogP contribution in [0.25, 0.3) is 0 Å². The predicted octanol–water partition coefficient (Wildman–Crippen LogP) is 2.10. The van der Waals surface area contributed by atoms with Gasteiger partial charge in [0, 0.05) is 19.7 Å². The van der Waals surface area contributed by atoms with E-state index in [1.165, 1.54) is 30.0 Å². The number of fused-ring (bicyclic) bond motifs is 1. The van der Waals surface area contributed by atoms with E-state index in [9.17, 15) is 9.59 Å².